The Morgan fingerprint density at radius 3 is 2.67 bits per heavy atom. The summed E-state index contributed by atoms with van der Waals surface area (Å²) in [6.45, 7) is 0. The number of anilines is 1. The molecule has 2 aromatic heterocycles. The van der Waals surface area contributed by atoms with Gasteiger partial charge >= 0.3 is 0 Å². The quantitative estimate of drug-likeness (QED) is 0.363. The number of halogens is 2. The molecule has 1 aromatic carbocycles. The van der Waals surface area contributed by atoms with E-state index in [1.54, 1.807) is 30.5 Å². The van der Waals surface area contributed by atoms with Crippen LogP contribution in [-0.2, 0) is 0 Å². The van der Waals surface area contributed by atoms with Gasteiger partial charge in [-0.15, -0.1) is 22.0 Å². The number of hydrogen-bond acceptors (Lipinski definition) is 8. The summed E-state index contributed by atoms with van der Waals surface area (Å²) in [6, 6.07) is 8.44. The van der Waals surface area contributed by atoms with Gasteiger partial charge in [0.2, 0.25) is 5.95 Å². The Balaban J connectivity index is 1.26. The van der Waals surface area contributed by atoms with Crippen molar-refractivity contribution in [2.24, 2.45) is 0 Å². The fourth-order valence-corrected chi connectivity index (χ4v) is 6.01. The number of hydrogen-bond donors (Lipinski definition) is 2. The van der Waals surface area contributed by atoms with Crippen LogP contribution in [0.15, 0.2) is 41.6 Å². The van der Waals surface area contributed by atoms with Crippen LogP contribution in [0.2, 0.25) is 0 Å². The van der Waals surface area contributed by atoms with Gasteiger partial charge in [-0.1, -0.05) is 12.5 Å². The Bertz CT molecular complexity index is 1260. The van der Waals surface area contributed by atoms with E-state index in [1.807, 2.05) is 6.26 Å². The SMILES string of the molecule is CSc1cc(-c2ccc(-c3ncc(N(C4CC4)[C@@H]4C[C@@H]5CCC[C@@H](N5)[C@@H]4F)nn3)c(O)c2)cc(F)n1. The maximum Gasteiger partial charge on any atom is 0.214 e. The number of rotatable bonds is 6. The van der Waals surface area contributed by atoms with Crippen LogP contribution in [0.1, 0.15) is 38.5 Å². The van der Waals surface area contributed by atoms with Crippen LogP contribution in [0.25, 0.3) is 22.5 Å². The third kappa shape index (κ3) is 4.52. The highest BCUT2D eigenvalue weighted by Gasteiger charge is 2.46. The first-order valence-corrected chi connectivity index (χ1v) is 13.7. The molecular formula is C26H28F2N6OS. The molecule has 3 fully saturated rings. The number of phenols is 1. The zero-order chi connectivity index (χ0) is 24.8. The lowest BCUT2D eigenvalue weighted by Gasteiger charge is -2.47. The molecule has 1 saturated carbocycles. The van der Waals surface area contributed by atoms with Gasteiger partial charge in [-0.25, -0.2) is 14.4 Å². The van der Waals surface area contributed by atoms with E-state index in [1.165, 1.54) is 17.8 Å². The van der Waals surface area contributed by atoms with Crippen molar-refractivity contribution >= 4 is 17.6 Å². The van der Waals surface area contributed by atoms with Crippen molar-refractivity contribution in [1.82, 2.24) is 25.5 Å². The minimum atomic E-state index is -0.954. The number of phenolic OH excluding ortho intramolecular Hbond substituents is 1. The Labute approximate surface area is 212 Å². The number of fused-ring (bicyclic) bond motifs is 2. The van der Waals surface area contributed by atoms with E-state index in [0.29, 0.717) is 33.6 Å². The zero-order valence-corrected chi connectivity index (χ0v) is 20.8. The first kappa shape index (κ1) is 23.5. The van der Waals surface area contributed by atoms with E-state index in [9.17, 15) is 9.50 Å². The predicted molar refractivity (Wildman–Crippen MR) is 135 cm³/mol. The lowest BCUT2D eigenvalue weighted by Crippen LogP contribution is -2.62. The Morgan fingerprint density at radius 1 is 1.08 bits per heavy atom. The van der Waals surface area contributed by atoms with Crippen LogP contribution in [0.5, 0.6) is 5.75 Å². The van der Waals surface area contributed by atoms with Crippen molar-refractivity contribution in [2.45, 2.75) is 73.9 Å². The van der Waals surface area contributed by atoms with Gasteiger partial charge in [0.15, 0.2) is 11.6 Å². The smallest absolute Gasteiger partial charge is 0.214 e. The minimum absolute atomic E-state index is 0.0287. The summed E-state index contributed by atoms with van der Waals surface area (Å²) in [5, 5.41) is 23.5. The zero-order valence-electron chi connectivity index (χ0n) is 19.9. The lowest BCUT2D eigenvalue weighted by atomic mass is 9.82. The molecule has 3 aliphatic rings. The van der Waals surface area contributed by atoms with E-state index in [2.05, 4.69) is 30.4 Å². The van der Waals surface area contributed by atoms with Crippen LogP contribution in [-0.4, -0.2) is 61.9 Å². The molecule has 7 nitrogen and oxygen atoms in total. The van der Waals surface area contributed by atoms with Crippen molar-refractivity contribution in [3.63, 3.8) is 0 Å². The molecule has 4 heterocycles. The second-order valence-electron chi connectivity index (χ2n) is 9.88. The number of benzene rings is 1. The van der Waals surface area contributed by atoms with Gasteiger partial charge in [0.05, 0.1) is 22.8 Å². The molecule has 0 radical (unpaired) electrons. The lowest BCUT2D eigenvalue weighted by molar-refractivity contribution is 0.104. The molecule has 6 rings (SSSR count). The number of aromatic hydroxyl groups is 1. The Morgan fingerprint density at radius 2 is 1.94 bits per heavy atom. The molecule has 2 aliphatic heterocycles. The Hall–Kier alpha value is -2.85. The van der Waals surface area contributed by atoms with Gasteiger partial charge in [0.25, 0.3) is 0 Å². The van der Waals surface area contributed by atoms with Crippen molar-refractivity contribution in [1.29, 1.82) is 0 Å². The number of pyridine rings is 1. The largest absolute Gasteiger partial charge is 0.507 e. The van der Waals surface area contributed by atoms with Crippen molar-refractivity contribution < 1.29 is 13.9 Å². The number of piperidine rings is 2. The highest BCUT2D eigenvalue weighted by Crippen LogP contribution is 2.39. The van der Waals surface area contributed by atoms with E-state index in [-0.39, 0.29) is 29.7 Å². The van der Waals surface area contributed by atoms with Crippen molar-refractivity contribution in [2.75, 3.05) is 11.2 Å². The molecule has 10 heteroatoms. The van der Waals surface area contributed by atoms with Gasteiger partial charge in [0, 0.05) is 24.2 Å². The fourth-order valence-electron chi connectivity index (χ4n) is 5.58. The maximum atomic E-state index is 15.5. The van der Waals surface area contributed by atoms with Crippen LogP contribution in [0, 0.1) is 5.95 Å². The van der Waals surface area contributed by atoms with Crippen LogP contribution in [0.4, 0.5) is 14.6 Å². The predicted octanol–water partition coefficient (Wildman–Crippen LogP) is 4.76. The average Bonchev–Trinajstić information content (AvgIpc) is 3.73. The minimum Gasteiger partial charge on any atom is -0.507 e. The monoisotopic (exact) mass is 510 g/mol. The van der Waals surface area contributed by atoms with Gasteiger partial charge in [-0.05, 0) is 67.7 Å². The number of thioether (sulfide) groups is 1. The first-order valence-electron chi connectivity index (χ1n) is 12.4. The number of alkyl halides is 1. The average molecular weight is 511 g/mol. The molecule has 0 amide bonds. The molecule has 36 heavy (non-hydrogen) atoms. The van der Waals surface area contributed by atoms with Gasteiger partial charge in [-0.2, -0.15) is 4.39 Å². The molecule has 0 unspecified atom stereocenters. The molecule has 0 spiro atoms. The highest BCUT2D eigenvalue weighted by molar-refractivity contribution is 7.98. The molecule has 1 aliphatic carbocycles. The van der Waals surface area contributed by atoms with Crippen LogP contribution < -0.4 is 10.2 Å². The molecule has 188 valence electrons. The van der Waals surface area contributed by atoms with Gasteiger partial charge < -0.3 is 15.3 Å². The summed E-state index contributed by atoms with van der Waals surface area (Å²) < 4.78 is 29.3. The molecule has 3 aromatic rings. The van der Waals surface area contributed by atoms with Crippen LogP contribution >= 0.6 is 11.8 Å². The van der Waals surface area contributed by atoms with E-state index in [4.69, 9.17) is 0 Å². The van der Waals surface area contributed by atoms with Crippen molar-refractivity contribution in [3.05, 3.63) is 42.5 Å². The van der Waals surface area contributed by atoms with E-state index in [0.717, 1.165) is 38.5 Å². The van der Waals surface area contributed by atoms with Gasteiger partial charge in [0.1, 0.15) is 11.9 Å². The Kier molecular flexibility index (Phi) is 6.25. The number of aromatic nitrogens is 4. The number of nitrogens with one attached hydrogen (secondary N) is 1. The van der Waals surface area contributed by atoms with E-state index < -0.39 is 12.1 Å². The third-order valence-electron chi connectivity index (χ3n) is 7.46. The second-order valence-corrected chi connectivity index (χ2v) is 10.7. The summed E-state index contributed by atoms with van der Waals surface area (Å²) in [5.74, 6) is 0.265. The summed E-state index contributed by atoms with van der Waals surface area (Å²) in [4.78, 5) is 10.4. The van der Waals surface area contributed by atoms with Crippen LogP contribution in [0.3, 0.4) is 0 Å². The summed E-state index contributed by atoms with van der Waals surface area (Å²) >= 11 is 1.35. The summed E-state index contributed by atoms with van der Waals surface area (Å²) in [6.07, 6.45) is 8.34. The van der Waals surface area contributed by atoms with Crippen molar-refractivity contribution in [3.8, 4) is 28.3 Å². The standard InChI is InChI=1S/C26H28F2N6OS/c1-36-24-11-15(10-22(27)31-24)14-5-8-18(21(35)9-14)26-29-13-23(32-33-26)34(17-6-7-17)20-12-16-3-2-4-19(30-16)25(20)28/h5,8-11,13,16-17,19-20,25,30,35H,2-4,6-7,12H2,1H3/t16-,19+,20+,25-/m0/s1. The first-order chi connectivity index (χ1) is 17.5. The molecule has 4 atom stereocenters. The molecule has 2 bridgehead atoms. The maximum absolute atomic E-state index is 15.5. The molecule has 2 N–H and O–H groups in total. The summed E-state index contributed by atoms with van der Waals surface area (Å²) in [5.41, 5.74) is 1.70. The topological polar surface area (TPSA) is 87.1 Å². The summed E-state index contributed by atoms with van der Waals surface area (Å²) in [7, 11) is 0. The third-order valence-corrected chi connectivity index (χ3v) is 8.09. The molecule has 2 saturated heterocycles. The fraction of sp³-hybridized carbons (Fsp3) is 0.462. The van der Waals surface area contributed by atoms with Gasteiger partial charge in [-0.3, -0.25) is 0 Å². The normalized spacial score (nSPS) is 25.5. The number of nitrogens with zero attached hydrogens (tertiary/aromatic N) is 5. The highest BCUT2D eigenvalue weighted by atomic mass is 32.2. The second kappa shape index (κ2) is 9.55. The van der Waals surface area contributed by atoms with E-state index >= 15 is 4.39 Å². The molecular weight excluding hydrogens is 482 g/mol.